The van der Waals surface area contributed by atoms with Crippen LogP contribution < -0.4 is 0 Å². The topological polar surface area (TPSA) is 37.3 Å². The molecular formula is C22H32O2. The number of hydrogen-bond donors (Lipinski definition) is 1. The maximum atomic E-state index is 11.4. The van der Waals surface area contributed by atoms with Crippen molar-refractivity contribution in [3.63, 3.8) is 0 Å². The van der Waals surface area contributed by atoms with Gasteiger partial charge in [0.25, 0.3) is 0 Å². The summed E-state index contributed by atoms with van der Waals surface area (Å²) in [6, 6.07) is 0. The molecule has 7 atom stereocenters. The summed E-state index contributed by atoms with van der Waals surface area (Å²) in [4.78, 5) is 11.4. The van der Waals surface area contributed by atoms with Gasteiger partial charge in [0.2, 0.25) is 0 Å². The molecular weight excluding hydrogens is 296 g/mol. The second-order valence-corrected chi connectivity index (χ2v) is 9.50. The first-order chi connectivity index (χ1) is 11.4. The lowest BCUT2D eigenvalue weighted by Gasteiger charge is -2.55. The number of aliphatic hydroxyl groups is 1. The van der Waals surface area contributed by atoms with Crippen molar-refractivity contribution in [1.82, 2.24) is 0 Å². The third kappa shape index (κ3) is 2.14. The van der Waals surface area contributed by atoms with Gasteiger partial charge in [-0.2, -0.15) is 0 Å². The molecule has 0 aromatic carbocycles. The molecule has 0 aromatic heterocycles. The van der Waals surface area contributed by atoms with Gasteiger partial charge < -0.3 is 9.90 Å². The zero-order chi connectivity index (χ0) is 17.1. The number of hydrogen-bond acceptors (Lipinski definition) is 2. The van der Waals surface area contributed by atoms with Crippen LogP contribution in [-0.4, -0.2) is 17.5 Å². The molecule has 1 N–H and O–H groups in total. The van der Waals surface area contributed by atoms with Gasteiger partial charge in [-0.3, -0.25) is 0 Å². The van der Waals surface area contributed by atoms with Crippen LogP contribution in [0.1, 0.15) is 65.7 Å². The Morgan fingerprint density at radius 3 is 2.67 bits per heavy atom. The monoisotopic (exact) mass is 328 g/mol. The van der Waals surface area contributed by atoms with E-state index >= 15 is 0 Å². The first-order valence-corrected chi connectivity index (χ1v) is 9.94. The van der Waals surface area contributed by atoms with E-state index in [1.54, 1.807) is 5.57 Å². The molecule has 0 radical (unpaired) electrons. The largest absolute Gasteiger partial charge is 0.393 e. The maximum absolute atomic E-state index is 11.4. The number of fused-ring (bicyclic) bond motifs is 5. The van der Waals surface area contributed by atoms with E-state index < -0.39 is 0 Å². The molecule has 0 spiro atoms. The highest BCUT2D eigenvalue weighted by Gasteiger charge is 2.56. The SMILES string of the molecule is CC(C=O)[C@H]1CC[C@H]2C3=CC=C4CC(O)CC[C@]4(C)[C@H]3CC[C@]12C. The molecule has 132 valence electrons. The third-order valence-corrected chi connectivity index (χ3v) is 8.47. The number of rotatable bonds is 2. The Hall–Kier alpha value is -0.890. The summed E-state index contributed by atoms with van der Waals surface area (Å²) < 4.78 is 0. The Morgan fingerprint density at radius 2 is 1.92 bits per heavy atom. The summed E-state index contributed by atoms with van der Waals surface area (Å²) in [6.45, 7) is 7.03. The Kier molecular flexibility index (Phi) is 3.84. The number of carbonyl (C=O) groups excluding carboxylic acids is 1. The van der Waals surface area contributed by atoms with Crippen LogP contribution in [0.5, 0.6) is 0 Å². The van der Waals surface area contributed by atoms with Crippen molar-refractivity contribution in [2.75, 3.05) is 0 Å². The second-order valence-electron chi connectivity index (χ2n) is 9.50. The number of allylic oxidation sites excluding steroid dienone is 3. The number of aldehydes is 1. The lowest BCUT2D eigenvalue weighted by atomic mass is 9.50. The summed E-state index contributed by atoms with van der Waals surface area (Å²) in [6.07, 6.45) is 13.7. The molecule has 0 saturated heterocycles. The molecule has 0 aromatic rings. The number of carbonyl (C=O) groups is 1. The molecule has 3 saturated carbocycles. The van der Waals surface area contributed by atoms with Gasteiger partial charge >= 0.3 is 0 Å². The van der Waals surface area contributed by atoms with Crippen molar-refractivity contribution in [1.29, 1.82) is 0 Å². The predicted octanol–water partition coefficient (Wildman–Crippen LogP) is 4.68. The van der Waals surface area contributed by atoms with Crippen molar-refractivity contribution in [2.45, 2.75) is 71.8 Å². The molecule has 2 nitrogen and oxygen atoms in total. The predicted molar refractivity (Wildman–Crippen MR) is 96.4 cm³/mol. The zero-order valence-electron chi connectivity index (χ0n) is 15.4. The van der Waals surface area contributed by atoms with Crippen LogP contribution in [0.4, 0.5) is 0 Å². The molecule has 0 aliphatic heterocycles. The van der Waals surface area contributed by atoms with Gasteiger partial charge in [-0.05, 0) is 73.5 Å². The summed E-state index contributed by atoms with van der Waals surface area (Å²) >= 11 is 0. The molecule has 0 heterocycles. The van der Waals surface area contributed by atoms with Gasteiger partial charge in [0, 0.05) is 5.92 Å². The standard InChI is InChI=1S/C22H32O2/c1-14(13-23)18-6-7-19-17-5-4-15-12-16(24)8-10-21(15,2)20(17)9-11-22(18,19)3/h4-5,13-14,16,18-20,24H,6-12H2,1-3H3/t14?,16?,18-,19+,20+,21+,22-/m1/s1. The summed E-state index contributed by atoms with van der Waals surface area (Å²) in [5, 5.41) is 10.1. The highest BCUT2D eigenvalue weighted by atomic mass is 16.3. The van der Waals surface area contributed by atoms with Gasteiger partial charge in [-0.1, -0.05) is 44.1 Å². The van der Waals surface area contributed by atoms with Crippen LogP contribution in [0.25, 0.3) is 0 Å². The van der Waals surface area contributed by atoms with Crippen molar-refractivity contribution in [3.05, 3.63) is 23.3 Å². The van der Waals surface area contributed by atoms with Crippen LogP contribution in [0.2, 0.25) is 0 Å². The average Bonchev–Trinajstić information content (AvgIpc) is 2.92. The minimum Gasteiger partial charge on any atom is -0.393 e. The fraction of sp³-hybridized carbons (Fsp3) is 0.773. The van der Waals surface area contributed by atoms with Gasteiger partial charge in [-0.15, -0.1) is 0 Å². The molecule has 0 amide bonds. The Balaban J connectivity index is 1.69. The molecule has 4 aliphatic rings. The molecule has 0 bridgehead atoms. The van der Waals surface area contributed by atoms with E-state index in [0.717, 1.165) is 19.3 Å². The quantitative estimate of drug-likeness (QED) is 0.747. The van der Waals surface area contributed by atoms with Crippen molar-refractivity contribution < 1.29 is 9.90 Å². The molecule has 2 unspecified atom stereocenters. The fourth-order valence-electron chi connectivity index (χ4n) is 6.98. The van der Waals surface area contributed by atoms with Gasteiger partial charge in [0.1, 0.15) is 6.29 Å². The van der Waals surface area contributed by atoms with E-state index in [0.29, 0.717) is 23.2 Å². The third-order valence-electron chi connectivity index (χ3n) is 8.47. The Labute approximate surface area is 146 Å². The lowest BCUT2D eigenvalue weighted by Crippen LogP contribution is -2.46. The van der Waals surface area contributed by atoms with E-state index in [1.165, 1.54) is 37.5 Å². The number of aliphatic hydroxyl groups excluding tert-OH is 1. The van der Waals surface area contributed by atoms with Crippen LogP contribution in [0, 0.1) is 34.5 Å². The highest BCUT2D eigenvalue weighted by Crippen LogP contribution is 2.65. The summed E-state index contributed by atoms with van der Waals surface area (Å²) in [5.41, 5.74) is 3.72. The van der Waals surface area contributed by atoms with E-state index in [2.05, 4.69) is 32.9 Å². The van der Waals surface area contributed by atoms with Crippen LogP contribution in [-0.2, 0) is 4.79 Å². The van der Waals surface area contributed by atoms with E-state index in [1.807, 2.05) is 0 Å². The molecule has 24 heavy (non-hydrogen) atoms. The Morgan fingerprint density at radius 1 is 1.12 bits per heavy atom. The van der Waals surface area contributed by atoms with E-state index in [-0.39, 0.29) is 17.4 Å². The fourth-order valence-corrected chi connectivity index (χ4v) is 6.98. The summed E-state index contributed by atoms with van der Waals surface area (Å²) in [7, 11) is 0. The smallest absolute Gasteiger partial charge is 0.123 e. The lowest BCUT2D eigenvalue weighted by molar-refractivity contribution is -0.113. The first kappa shape index (κ1) is 16.6. The van der Waals surface area contributed by atoms with E-state index in [4.69, 9.17) is 0 Å². The average molecular weight is 328 g/mol. The van der Waals surface area contributed by atoms with Crippen LogP contribution in [0.3, 0.4) is 0 Å². The van der Waals surface area contributed by atoms with Crippen molar-refractivity contribution in [2.24, 2.45) is 34.5 Å². The van der Waals surface area contributed by atoms with Gasteiger partial charge in [-0.25, -0.2) is 0 Å². The maximum Gasteiger partial charge on any atom is 0.123 e. The molecule has 4 aliphatic carbocycles. The zero-order valence-corrected chi connectivity index (χ0v) is 15.4. The first-order valence-electron chi connectivity index (χ1n) is 9.94. The van der Waals surface area contributed by atoms with Crippen molar-refractivity contribution >= 4 is 6.29 Å². The van der Waals surface area contributed by atoms with Gasteiger partial charge in [0.05, 0.1) is 6.10 Å². The van der Waals surface area contributed by atoms with Gasteiger partial charge in [0.15, 0.2) is 0 Å². The van der Waals surface area contributed by atoms with Crippen LogP contribution in [0.15, 0.2) is 23.3 Å². The van der Waals surface area contributed by atoms with Crippen molar-refractivity contribution in [3.8, 4) is 0 Å². The minimum absolute atomic E-state index is 0.141. The highest BCUT2D eigenvalue weighted by molar-refractivity contribution is 5.54. The molecule has 4 rings (SSSR count). The Bertz CT molecular complexity index is 603. The summed E-state index contributed by atoms with van der Waals surface area (Å²) in [5.74, 6) is 2.05. The normalized spacial score (nSPS) is 48.5. The molecule has 2 heteroatoms. The minimum atomic E-state index is -0.141. The second kappa shape index (κ2) is 5.56. The van der Waals surface area contributed by atoms with E-state index in [9.17, 15) is 9.90 Å². The van der Waals surface area contributed by atoms with Crippen LogP contribution >= 0.6 is 0 Å². The molecule has 3 fully saturated rings.